The molecule has 2 aromatic heterocycles. The SMILES string of the molecule is Cc1c2c(c(C)c3c1C(C)(C)c1cc(Br)sc1-3)C(C)(C)c1cc(Br)sc1-2. The van der Waals surface area contributed by atoms with E-state index in [1.165, 1.54) is 61.8 Å². The van der Waals surface area contributed by atoms with Crippen molar-refractivity contribution in [3.05, 3.63) is 53.1 Å². The maximum absolute atomic E-state index is 3.73. The molecule has 2 aliphatic rings. The fourth-order valence-electron chi connectivity index (χ4n) is 5.42. The Morgan fingerprint density at radius 3 is 1.38 bits per heavy atom. The molecule has 0 N–H and O–H groups in total. The quantitative estimate of drug-likeness (QED) is 0.285. The van der Waals surface area contributed by atoms with E-state index in [1.54, 1.807) is 0 Å². The molecule has 1 aromatic carbocycles. The molecule has 0 radical (unpaired) electrons. The molecule has 4 heteroatoms. The van der Waals surface area contributed by atoms with E-state index in [0.29, 0.717) is 0 Å². The average Bonchev–Trinajstić information content (AvgIpc) is 3.19. The fourth-order valence-corrected chi connectivity index (χ4v) is 9.16. The lowest BCUT2D eigenvalue weighted by Crippen LogP contribution is -2.20. The second kappa shape index (κ2) is 5.14. The van der Waals surface area contributed by atoms with E-state index in [9.17, 15) is 0 Å². The van der Waals surface area contributed by atoms with Gasteiger partial charge in [0.05, 0.1) is 7.57 Å². The molecule has 0 unspecified atom stereocenters. The third kappa shape index (κ3) is 1.90. The largest absolute Gasteiger partial charge is 0.128 e. The van der Waals surface area contributed by atoms with Gasteiger partial charge in [-0.2, -0.15) is 0 Å². The molecule has 5 rings (SSSR count). The standard InChI is InChI=1S/C22H20Br2S2/c1-9-15-18(22(5,6)11-7-13(23)25-19(11)15)10(2)16-17(9)21(3,4)12-8-14(24)26-20(12)16/h7-8H,1-6H3. The second-order valence-electron chi connectivity index (χ2n) is 8.59. The van der Waals surface area contributed by atoms with E-state index >= 15 is 0 Å². The Morgan fingerprint density at radius 1 is 0.692 bits per heavy atom. The number of benzene rings is 1. The zero-order valence-corrected chi connectivity index (χ0v) is 20.5. The Bertz CT molecular complexity index is 1040. The Hall–Kier alpha value is -0.420. The molecule has 0 saturated heterocycles. The predicted molar refractivity (Wildman–Crippen MR) is 122 cm³/mol. The van der Waals surface area contributed by atoms with Gasteiger partial charge in [0.15, 0.2) is 0 Å². The van der Waals surface area contributed by atoms with E-state index in [-0.39, 0.29) is 10.8 Å². The number of thiophene rings is 2. The van der Waals surface area contributed by atoms with Crippen LogP contribution in [0, 0.1) is 13.8 Å². The van der Waals surface area contributed by atoms with Crippen LogP contribution in [0.4, 0.5) is 0 Å². The van der Waals surface area contributed by atoms with Crippen LogP contribution < -0.4 is 0 Å². The molecule has 0 fully saturated rings. The van der Waals surface area contributed by atoms with E-state index in [2.05, 4.69) is 85.5 Å². The van der Waals surface area contributed by atoms with Crippen molar-refractivity contribution in [3.63, 3.8) is 0 Å². The minimum atomic E-state index is 0.0540. The molecule has 0 atom stereocenters. The molecule has 0 bridgehead atoms. The molecule has 2 aliphatic carbocycles. The Balaban J connectivity index is 1.97. The Kier molecular flexibility index (Phi) is 3.49. The lowest BCUT2D eigenvalue weighted by Gasteiger charge is -2.29. The van der Waals surface area contributed by atoms with E-state index < -0.39 is 0 Å². The van der Waals surface area contributed by atoms with Gasteiger partial charge in [-0.05, 0) is 102 Å². The number of halogens is 2. The van der Waals surface area contributed by atoms with Crippen molar-refractivity contribution in [2.75, 3.05) is 0 Å². The molecule has 3 aromatic rings. The van der Waals surface area contributed by atoms with Crippen LogP contribution in [0.15, 0.2) is 19.7 Å². The lowest BCUT2D eigenvalue weighted by molar-refractivity contribution is 0.646. The van der Waals surface area contributed by atoms with Crippen LogP contribution in [-0.2, 0) is 10.8 Å². The van der Waals surface area contributed by atoms with Crippen LogP contribution in [0.3, 0.4) is 0 Å². The topological polar surface area (TPSA) is 0 Å². The van der Waals surface area contributed by atoms with Crippen molar-refractivity contribution in [1.29, 1.82) is 0 Å². The van der Waals surface area contributed by atoms with Gasteiger partial charge in [0, 0.05) is 20.6 Å². The van der Waals surface area contributed by atoms with Gasteiger partial charge in [-0.1, -0.05) is 27.7 Å². The summed E-state index contributed by atoms with van der Waals surface area (Å²) in [6.45, 7) is 14.3. The average molecular weight is 508 g/mol. The summed E-state index contributed by atoms with van der Waals surface area (Å²) >= 11 is 11.2. The highest BCUT2D eigenvalue weighted by molar-refractivity contribution is 9.11. The van der Waals surface area contributed by atoms with Gasteiger partial charge >= 0.3 is 0 Å². The first-order valence-corrected chi connectivity index (χ1v) is 12.1. The highest BCUT2D eigenvalue weighted by Crippen LogP contribution is 2.62. The van der Waals surface area contributed by atoms with Gasteiger partial charge in [-0.3, -0.25) is 0 Å². The molecule has 0 nitrogen and oxygen atoms in total. The monoisotopic (exact) mass is 506 g/mol. The summed E-state index contributed by atoms with van der Waals surface area (Å²) in [4.78, 5) is 2.93. The van der Waals surface area contributed by atoms with Crippen LogP contribution in [0.1, 0.15) is 61.1 Å². The number of hydrogen-bond donors (Lipinski definition) is 0. The summed E-state index contributed by atoms with van der Waals surface area (Å²) in [6, 6.07) is 4.67. The van der Waals surface area contributed by atoms with Crippen LogP contribution >= 0.6 is 54.5 Å². The van der Waals surface area contributed by atoms with Crippen molar-refractivity contribution in [2.24, 2.45) is 0 Å². The van der Waals surface area contributed by atoms with E-state index in [4.69, 9.17) is 0 Å². The first-order valence-electron chi connectivity index (χ1n) is 8.85. The van der Waals surface area contributed by atoms with Gasteiger partial charge in [0.1, 0.15) is 0 Å². The van der Waals surface area contributed by atoms with Gasteiger partial charge in [0.25, 0.3) is 0 Å². The molecule has 26 heavy (non-hydrogen) atoms. The molecule has 134 valence electrons. The maximum atomic E-state index is 3.73. The summed E-state index contributed by atoms with van der Waals surface area (Å²) in [7, 11) is 0. The molecular weight excluding hydrogens is 488 g/mol. The third-order valence-corrected chi connectivity index (χ3v) is 9.77. The summed E-state index contributed by atoms with van der Waals surface area (Å²) in [5.41, 5.74) is 12.1. The summed E-state index contributed by atoms with van der Waals surface area (Å²) in [6.07, 6.45) is 0. The number of rotatable bonds is 0. The van der Waals surface area contributed by atoms with Crippen LogP contribution in [0.25, 0.3) is 20.9 Å². The molecule has 0 saturated carbocycles. The van der Waals surface area contributed by atoms with Crippen molar-refractivity contribution < 1.29 is 0 Å². The summed E-state index contributed by atoms with van der Waals surface area (Å²) in [5.74, 6) is 0. The smallest absolute Gasteiger partial charge is 0.0708 e. The van der Waals surface area contributed by atoms with Gasteiger partial charge in [-0.25, -0.2) is 0 Å². The van der Waals surface area contributed by atoms with Crippen molar-refractivity contribution in [3.8, 4) is 20.9 Å². The lowest BCUT2D eigenvalue weighted by atomic mass is 9.74. The van der Waals surface area contributed by atoms with Crippen LogP contribution in [-0.4, -0.2) is 0 Å². The van der Waals surface area contributed by atoms with Gasteiger partial charge in [-0.15, -0.1) is 22.7 Å². The van der Waals surface area contributed by atoms with Crippen LogP contribution in [0.2, 0.25) is 0 Å². The Labute approximate surface area is 179 Å². The normalized spacial score (nSPS) is 17.8. The molecule has 0 spiro atoms. The van der Waals surface area contributed by atoms with E-state index in [1.807, 2.05) is 22.7 Å². The number of hydrogen-bond acceptors (Lipinski definition) is 2. The molecule has 0 aliphatic heterocycles. The third-order valence-electron chi connectivity index (χ3n) is 6.45. The highest BCUT2D eigenvalue weighted by atomic mass is 79.9. The first-order chi connectivity index (χ1) is 12.1. The van der Waals surface area contributed by atoms with Gasteiger partial charge < -0.3 is 0 Å². The fraction of sp³-hybridized carbons (Fsp3) is 0.364. The predicted octanol–water partition coefficient (Wildman–Crippen LogP) is 8.56. The highest BCUT2D eigenvalue weighted by Gasteiger charge is 2.46. The maximum Gasteiger partial charge on any atom is 0.0708 e. The zero-order chi connectivity index (χ0) is 18.8. The van der Waals surface area contributed by atoms with Crippen molar-refractivity contribution in [1.82, 2.24) is 0 Å². The summed E-state index contributed by atoms with van der Waals surface area (Å²) < 4.78 is 2.47. The second-order valence-corrected chi connectivity index (χ2v) is 13.4. The first kappa shape index (κ1) is 17.7. The van der Waals surface area contributed by atoms with Crippen LogP contribution in [0.5, 0.6) is 0 Å². The minimum Gasteiger partial charge on any atom is -0.128 e. The molecule has 0 amide bonds. The van der Waals surface area contributed by atoms with Crippen molar-refractivity contribution in [2.45, 2.75) is 52.4 Å². The van der Waals surface area contributed by atoms with Crippen molar-refractivity contribution >= 4 is 54.5 Å². The van der Waals surface area contributed by atoms with Gasteiger partial charge in [0.2, 0.25) is 0 Å². The zero-order valence-electron chi connectivity index (χ0n) is 15.7. The Morgan fingerprint density at radius 2 is 1.04 bits per heavy atom. The molecular formula is C22H20Br2S2. The summed E-state index contributed by atoms with van der Waals surface area (Å²) in [5, 5.41) is 0. The molecule has 2 heterocycles. The number of fused-ring (bicyclic) bond motifs is 6. The minimum absolute atomic E-state index is 0.0540. The van der Waals surface area contributed by atoms with E-state index in [0.717, 1.165) is 0 Å².